The number of benzene rings is 1. The minimum absolute atomic E-state index is 0.103. The van der Waals surface area contributed by atoms with Gasteiger partial charge in [-0.1, -0.05) is 0 Å². The molecule has 2 amide bonds. The van der Waals surface area contributed by atoms with Crippen LogP contribution in [0.25, 0.3) is 5.69 Å². The summed E-state index contributed by atoms with van der Waals surface area (Å²) in [6.07, 6.45) is 4.89. The van der Waals surface area contributed by atoms with Crippen molar-refractivity contribution in [1.82, 2.24) is 30.0 Å². The molecule has 2 aliphatic rings. The van der Waals surface area contributed by atoms with Crippen LogP contribution < -0.4 is 10.1 Å². The monoisotopic (exact) mass is 357 g/mol. The predicted octanol–water partition coefficient (Wildman–Crippen LogP) is 1.37. The maximum absolute atomic E-state index is 12.9. The van der Waals surface area contributed by atoms with Crippen molar-refractivity contribution < 1.29 is 9.53 Å². The second-order valence-electron chi connectivity index (χ2n) is 6.85. The molecule has 1 N–H and O–H groups in total. The summed E-state index contributed by atoms with van der Waals surface area (Å²) >= 11 is 0. The van der Waals surface area contributed by atoms with Crippen LogP contribution in [0.15, 0.2) is 24.5 Å². The molecule has 26 heavy (non-hydrogen) atoms. The van der Waals surface area contributed by atoms with Crippen LogP contribution in [0.4, 0.5) is 10.5 Å². The first-order valence-corrected chi connectivity index (χ1v) is 8.85. The Labute approximate surface area is 151 Å². The lowest BCUT2D eigenvalue weighted by Crippen LogP contribution is -2.41. The third kappa shape index (κ3) is 3.10. The molecule has 2 aliphatic heterocycles. The smallest absolute Gasteiger partial charge is 0.321 e. The van der Waals surface area contributed by atoms with Crippen molar-refractivity contribution in [3.63, 3.8) is 0 Å². The van der Waals surface area contributed by atoms with Crippen molar-refractivity contribution >= 4 is 11.7 Å². The summed E-state index contributed by atoms with van der Waals surface area (Å²) in [5.41, 5.74) is 1.31. The molecule has 0 spiro atoms. The van der Waals surface area contributed by atoms with E-state index in [0.29, 0.717) is 29.2 Å². The maximum Gasteiger partial charge on any atom is 0.321 e. The van der Waals surface area contributed by atoms with Crippen molar-refractivity contribution in [1.29, 1.82) is 0 Å². The van der Waals surface area contributed by atoms with Gasteiger partial charge in [0.2, 0.25) is 0 Å². The minimum atomic E-state index is -0.103. The SMILES string of the molecule is COc1ccc(-n2cnnn2)c(NC(=O)N2CC[C@@H]3CC[C@H](C2)N3C)c1. The summed E-state index contributed by atoms with van der Waals surface area (Å²) in [6, 6.07) is 6.35. The molecule has 0 aliphatic carbocycles. The third-order valence-electron chi connectivity index (χ3n) is 5.48. The van der Waals surface area contributed by atoms with Gasteiger partial charge in [-0.25, -0.2) is 4.79 Å². The van der Waals surface area contributed by atoms with E-state index in [2.05, 4.69) is 32.8 Å². The molecule has 1 aromatic carbocycles. The van der Waals surface area contributed by atoms with E-state index in [0.717, 1.165) is 25.9 Å². The van der Waals surface area contributed by atoms with Gasteiger partial charge in [-0.15, -0.1) is 5.10 Å². The molecule has 0 radical (unpaired) electrons. The number of urea groups is 1. The Kier molecular flexibility index (Phi) is 4.46. The van der Waals surface area contributed by atoms with Gasteiger partial charge in [-0.05, 0) is 48.9 Å². The number of hydrogen-bond donors (Lipinski definition) is 1. The lowest BCUT2D eigenvalue weighted by molar-refractivity contribution is 0.200. The molecule has 9 nitrogen and oxygen atoms in total. The fraction of sp³-hybridized carbons (Fsp3) is 0.529. The number of carbonyl (C=O) groups is 1. The number of tetrazole rings is 1. The van der Waals surface area contributed by atoms with E-state index >= 15 is 0 Å². The summed E-state index contributed by atoms with van der Waals surface area (Å²) < 4.78 is 6.82. The van der Waals surface area contributed by atoms with Crippen LogP contribution in [0.3, 0.4) is 0 Å². The number of ether oxygens (including phenoxy) is 1. The molecular formula is C17H23N7O2. The van der Waals surface area contributed by atoms with Crippen molar-refractivity contribution in [2.45, 2.75) is 31.3 Å². The Morgan fingerprint density at radius 1 is 1.27 bits per heavy atom. The maximum atomic E-state index is 12.9. The van der Waals surface area contributed by atoms with Gasteiger partial charge < -0.3 is 15.0 Å². The predicted molar refractivity (Wildman–Crippen MR) is 95.5 cm³/mol. The average Bonchev–Trinajstić information content (AvgIpc) is 3.23. The molecule has 2 bridgehead atoms. The van der Waals surface area contributed by atoms with Gasteiger partial charge in [0, 0.05) is 31.2 Å². The average molecular weight is 357 g/mol. The highest BCUT2D eigenvalue weighted by molar-refractivity contribution is 5.92. The first kappa shape index (κ1) is 16.8. The van der Waals surface area contributed by atoms with Gasteiger partial charge in [0.15, 0.2) is 0 Å². The van der Waals surface area contributed by atoms with E-state index < -0.39 is 0 Å². The summed E-state index contributed by atoms with van der Waals surface area (Å²) in [5, 5.41) is 14.3. The van der Waals surface area contributed by atoms with Gasteiger partial charge in [0.05, 0.1) is 18.5 Å². The van der Waals surface area contributed by atoms with E-state index in [1.54, 1.807) is 13.2 Å². The molecule has 2 fully saturated rings. The third-order valence-corrected chi connectivity index (χ3v) is 5.48. The highest BCUT2D eigenvalue weighted by Gasteiger charge is 2.36. The molecule has 2 atom stereocenters. The topological polar surface area (TPSA) is 88.4 Å². The number of likely N-dealkylation sites (tertiary alicyclic amines) is 1. The van der Waals surface area contributed by atoms with Crippen molar-refractivity contribution in [2.75, 3.05) is 32.6 Å². The highest BCUT2D eigenvalue weighted by Crippen LogP contribution is 2.30. The van der Waals surface area contributed by atoms with Crippen molar-refractivity contribution in [2.24, 2.45) is 0 Å². The minimum Gasteiger partial charge on any atom is -0.497 e. The summed E-state index contributed by atoms with van der Waals surface area (Å²) in [7, 11) is 3.76. The van der Waals surface area contributed by atoms with Crippen LogP contribution in [0.2, 0.25) is 0 Å². The quantitative estimate of drug-likeness (QED) is 0.893. The van der Waals surface area contributed by atoms with Crippen LogP contribution in [0.1, 0.15) is 19.3 Å². The van der Waals surface area contributed by atoms with E-state index in [1.165, 1.54) is 17.4 Å². The van der Waals surface area contributed by atoms with E-state index in [-0.39, 0.29) is 6.03 Å². The number of likely N-dealkylation sites (N-methyl/N-ethyl adjacent to an activating group) is 1. The van der Waals surface area contributed by atoms with E-state index in [4.69, 9.17) is 4.74 Å². The van der Waals surface area contributed by atoms with Gasteiger partial charge >= 0.3 is 6.03 Å². The fourth-order valence-corrected chi connectivity index (χ4v) is 3.90. The number of fused-ring (bicyclic) bond motifs is 2. The largest absolute Gasteiger partial charge is 0.497 e. The Morgan fingerprint density at radius 3 is 2.88 bits per heavy atom. The number of hydrogen-bond acceptors (Lipinski definition) is 6. The van der Waals surface area contributed by atoms with Crippen molar-refractivity contribution in [3.8, 4) is 11.4 Å². The number of carbonyl (C=O) groups excluding carboxylic acids is 1. The number of nitrogens with one attached hydrogen (secondary N) is 1. The number of aromatic nitrogens is 4. The Bertz CT molecular complexity index is 779. The number of anilines is 1. The number of rotatable bonds is 3. The van der Waals surface area contributed by atoms with Crippen LogP contribution in [0.5, 0.6) is 5.75 Å². The Morgan fingerprint density at radius 2 is 2.12 bits per heavy atom. The normalized spacial score (nSPS) is 22.9. The number of nitrogens with zero attached hydrogens (tertiary/aromatic N) is 6. The summed E-state index contributed by atoms with van der Waals surface area (Å²) in [6.45, 7) is 1.52. The molecular weight excluding hydrogens is 334 g/mol. The summed E-state index contributed by atoms with van der Waals surface area (Å²) in [5.74, 6) is 0.659. The Hall–Kier alpha value is -2.68. The van der Waals surface area contributed by atoms with Gasteiger partial charge in [0.25, 0.3) is 0 Å². The van der Waals surface area contributed by atoms with Gasteiger partial charge in [-0.3, -0.25) is 4.90 Å². The molecule has 2 aromatic rings. The lowest BCUT2D eigenvalue weighted by Gasteiger charge is -2.26. The van der Waals surface area contributed by atoms with Crippen LogP contribution >= 0.6 is 0 Å². The number of methoxy groups -OCH3 is 1. The molecule has 138 valence electrons. The lowest BCUT2D eigenvalue weighted by atomic mass is 10.1. The number of amides is 2. The van der Waals surface area contributed by atoms with E-state index in [9.17, 15) is 4.79 Å². The molecule has 2 saturated heterocycles. The summed E-state index contributed by atoms with van der Waals surface area (Å²) in [4.78, 5) is 17.2. The second kappa shape index (κ2) is 6.91. The zero-order valence-electron chi connectivity index (χ0n) is 15.0. The van der Waals surface area contributed by atoms with Crippen molar-refractivity contribution in [3.05, 3.63) is 24.5 Å². The van der Waals surface area contributed by atoms with Crippen LogP contribution in [0, 0.1) is 0 Å². The standard InChI is InChI=1S/C17H23N7O2/c1-22-12-3-4-13(22)10-23(8-7-12)17(25)19-15-9-14(26-2)5-6-16(15)24-11-18-20-21-24/h5-6,9,11-13H,3-4,7-8,10H2,1-2H3,(H,19,25)/t12-,13+/m0/s1. The molecule has 4 rings (SSSR count). The zero-order chi connectivity index (χ0) is 18.1. The van der Waals surface area contributed by atoms with Crippen LogP contribution in [-0.2, 0) is 0 Å². The molecule has 9 heteroatoms. The van der Waals surface area contributed by atoms with Gasteiger partial charge in [-0.2, -0.15) is 4.68 Å². The highest BCUT2D eigenvalue weighted by atomic mass is 16.5. The van der Waals surface area contributed by atoms with Crippen LogP contribution in [-0.4, -0.2) is 75.4 Å². The van der Waals surface area contributed by atoms with E-state index in [1.807, 2.05) is 17.0 Å². The molecule has 0 unspecified atom stereocenters. The molecule has 1 aromatic heterocycles. The Balaban J connectivity index is 1.55. The zero-order valence-corrected chi connectivity index (χ0v) is 15.0. The molecule has 0 saturated carbocycles. The first-order valence-electron chi connectivity index (χ1n) is 8.85. The second-order valence-corrected chi connectivity index (χ2v) is 6.85. The first-order chi connectivity index (χ1) is 12.7. The molecule has 3 heterocycles. The fourth-order valence-electron chi connectivity index (χ4n) is 3.90. The van der Waals surface area contributed by atoms with Gasteiger partial charge in [0.1, 0.15) is 12.1 Å².